The zero-order valence-electron chi connectivity index (χ0n) is 26.8. The lowest BCUT2D eigenvalue weighted by molar-refractivity contribution is 0.107. The van der Waals surface area contributed by atoms with Crippen LogP contribution in [-0.4, -0.2) is 76.4 Å². The SMILES string of the molecule is C#Cc1c(F)ccc2cccc(-c3nc4c5c(nc(OC[C@@]67CCCN6C[C@H](F)C7)nc5c3F)N3CCN[C@@H](CC)[C@@H]3[C@@H](CC)C4)c12. The van der Waals surface area contributed by atoms with E-state index >= 15 is 8.78 Å². The fourth-order valence-corrected chi connectivity index (χ4v) is 8.97. The minimum Gasteiger partial charge on any atom is -0.461 e. The topological polar surface area (TPSA) is 66.4 Å². The van der Waals surface area contributed by atoms with Gasteiger partial charge in [-0.3, -0.25) is 4.90 Å². The number of hydrogen-bond donors (Lipinski definition) is 1. The van der Waals surface area contributed by atoms with Crippen LogP contribution in [0.5, 0.6) is 6.01 Å². The van der Waals surface area contributed by atoms with Crippen LogP contribution in [0.2, 0.25) is 0 Å². The molecule has 2 aromatic carbocycles. The van der Waals surface area contributed by atoms with Gasteiger partial charge >= 0.3 is 6.01 Å². The van der Waals surface area contributed by atoms with Gasteiger partial charge in [0.05, 0.1) is 22.2 Å². The first-order valence-corrected chi connectivity index (χ1v) is 17.0. The molecule has 3 fully saturated rings. The Morgan fingerprint density at radius 2 is 1.96 bits per heavy atom. The van der Waals surface area contributed by atoms with Crippen molar-refractivity contribution in [1.29, 1.82) is 0 Å². The van der Waals surface area contributed by atoms with Gasteiger partial charge in [0.1, 0.15) is 35.6 Å². The number of nitrogens with zero attached hydrogens (tertiary/aromatic N) is 5. The number of benzene rings is 2. The highest BCUT2D eigenvalue weighted by Crippen LogP contribution is 2.44. The second-order valence-corrected chi connectivity index (χ2v) is 13.6. The number of pyridine rings is 1. The Hall–Kier alpha value is -3.94. The van der Waals surface area contributed by atoms with Gasteiger partial charge in [-0.1, -0.05) is 50.5 Å². The number of fused-ring (bicyclic) bond motifs is 4. The number of anilines is 1. The molecule has 0 spiro atoms. The van der Waals surface area contributed by atoms with E-state index in [0.717, 1.165) is 38.8 Å². The molecule has 0 unspecified atom stereocenters. The summed E-state index contributed by atoms with van der Waals surface area (Å²) >= 11 is 0. The highest BCUT2D eigenvalue weighted by molar-refractivity contribution is 6.02. The number of nitrogens with one attached hydrogen (secondary N) is 1. The lowest BCUT2D eigenvalue weighted by Gasteiger charge is -2.45. The predicted octanol–water partition coefficient (Wildman–Crippen LogP) is 6.20. The molecule has 10 heteroatoms. The van der Waals surface area contributed by atoms with E-state index in [2.05, 4.69) is 34.9 Å². The first kappa shape index (κ1) is 30.4. The van der Waals surface area contributed by atoms with Crippen molar-refractivity contribution in [1.82, 2.24) is 25.2 Å². The van der Waals surface area contributed by atoms with Crippen molar-refractivity contribution in [2.45, 2.75) is 76.2 Å². The number of piperazine rings is 1. The molecule has 0 aliphatic carbocycles. The molecule has 0 saturated carbocycles. The summed E-state index contributed by atoms with van der Waals surface area (Å²) in [6.07, 6.45) is 9.56. The van der Waals surface area contributed by atoms with E-state index < -0.39 is 23.3 Å². The summed E-state index contributed by atoms with van der Waals surface area (Å²) in [4.78, 5) is 19.3. The van der Waals surface area contributed by atoms with Crippen LogP contribution in [-0.2, 0) is 6.42 Å². The zero-order chi connectivity index (χ0) is 32.4. The molecule has 4 aliphatic rings. The second kappa shape index (κ2) is 11.6. The van der Waals surface area contributed by atoms with Gasteiger partial charge < -0.3 is 15.0 Å². The average Bonchev–Trinajstić information content (AvgIpc) is 3.57. The van der Waals surface area contributed by atoms with E-state index in [-0.39, 0.29) is 47.4 Å². The minimum absolute atomic E-state index is 0.0706. The lowest BCUT2D eigenvalue weighted by atomic mass is 9.84. The molecule has 5 atom stereocenters. The summed E-state index contributed by atoms with van der Waals surface area (Å²) in [7, 11) is 0. The van der Waals surface area contributed by atoms with Gasteiger partial charge in [0, 0.05) is 49.1 Å². The van der Waals surface area contributed by atoms with Crippen LogP contribution in [0.25, 0.3) is 32.9 Å². The maximum absolute atomic E-state index is 17.2. The molecule has 4 aliphatic heterocycles. The number of hydrogen-bond acceptors (Lipinski definition) is 7. The Morgan fingerprint density at radius 3 is 2.77 bits per heavy atom. The van der Waals surface area contributed by atoms with Gasteiger partial charge in [-0.25, -0.2) is 18.2 Å². The van der Waals surface area contributed by atoms with Crippen LogP contribution < -0.4 is 15.0 Å². The number of aromatic nitrogens is 3. The molecule has 4 aromatic rings. The van der Waals surface area contributed by atoms with Crippen LogP contribution in [0.3, 0.4) is 0 Å². The Bertz CT molecular complexity index is 1930. The van der Waals surface area contributed by atoms with Crippen LogP contribution in [0.4, 0.5) is 19.0 Å². The molecule has 8 rings (SSSR count). The summed E-state index contributed by atoms with van der Waals surface area (Å²) in [6, 6.07) is 8.76. The van der Waals surface area contributed by atoms with Crippen molar-refractivity contribution in [3.8, 4) is 29.6 Å². The van der Waals surface area contributed by atoms with Crippen LogP contribution in [0.15, 0.2) is 30.3 Å². The van der Waals surface area contributed by atoms with E-state index in [1.165, 1.54) is 6.07 Å². The average molecular weight is 641 g/mol. The third kappa shape index (κ3) is 4.76. The molecule has 47 heavy (non-hydrogen) atoms. The summed E-state index contributed by atoms with van der Waals surface area (Å²) in [5.74, 6) is 2.14. The Labute approximate surface area is 272 Å². The normalized spacial score (nSPS) is 27.1. The van der Waals surface area contributed by atoms with Crippen molar-refractivity contribution < 1.29 is 17.9 Å². The molecule has 0 amide bonds. The summed E-state index contributed by atoms with van der Waals surface area (Å²) in [5.41, 5.74) is 0.987. The van der Waals surface area contributed by atoms with E-state index in [4.69, 9.17) is 26.1 Å². The van der Waals surface area contributed by atoms with Crippen molar-refractivity contribution >= 4 is 27.5 Å². The number of rotatable bonds is 6. The molecule has 244 valence electrons. The maximum Gasteiger partial charge on any atom is 0.319 e. The molecule has 6 heterocycles. The molecule has 3 saturated heterocycles. The Kier molecular flexibility index (Phi) is 7.53. The fourth-order valence-electron chi connectivity index (χ4n) is 8.97. The van der Waals surface area contributed by atoms with E-state index in [1.54, 1.807) is 18.2 Å². The number of terminal acetylenes is 1. The quantitative estimate of drug-likeness (QED) is 0.252. The van der Waals surface area contributed by atoms with Gasteiger partial charge in [0.2, 0.25) is 0 Å². The maximum atomic E-state index is 17.2. The number of ether oxygens (including phenoxy) is 1. The first-order valence-electron chi connectivity index (χ1n) is 17.0. The molecule has 0 radical (unpaired) electrons. The van der Waals surface area contributed by atoms with Crippen molar-refractivity contribution in [3.63, 3.8) is 0 Å². The third-order valence-corrected chi connectivity index (χ3v) is 11.2. The van der Waals surface area contributed by atoms with Crippen LogP contribution in [0, 0.1) is 29.9 Å². The highest BCUT2D eigenvalue weighted by atomic mass is 19.1. The smallest absolute Gasteiger partial charge is 0.319 e. The fraction of sp³-hybridized carbons (Fsp3) is 0.486. The lowest BCUT2D eigenvalue weighted by Crippen LogP contribution is -2.60. The van der Waals surface area contributed by atoms with Crippen LogP contribution >= 0.6 is 0 Å². The van der Waals surface area contributed by atoms with E-state index in [0.29, 0.717) is 59.2 Å². The van der Waals surface area contributed by atoms with Gasteiger partial charge in [-0.15, -0.1) is 6.42 Å². The van der Waals surface area contributed by atoms with Crippen molar-refractivity contribution in [3.05, 3.63) is 53.2 Å². The number of alkyl halides is 1. The van der Waals surface area contributed by atoms with Crippen LogP contribution in [0.1, 0.15) is 57.2 Å². The molecular weight excluding hydrogens is 601 g/mol. The predicted molar refractivity (Wildman–Crippen MR) is 177 cm³/mol. The highest BCUT2D eigenvalue weighted by Gasteiger charge is 2.49. The standard InChI is InChI=1S/C37H39F3N6O/c1-4-21-17-28-30-33(31(40)32(42-28)25-10-7-9-22-11-12-26(39)24(5-2)29(22)25)43-36(44-35(30)46-16-14-41-27(6-3)34(21)46)47-20-37-13-8-15-45(37)19-23(38)18-37/h2,7,9-12,21,23,27,34,41H,4,6,8,13-20H2,1,3H3/t21-,23+,27-,34-,37-/m0/s1. The number of halogens is 3. The molecule has 1 N–H and O–H groups in total. The van der Waals surface area contributed by atoms with Gasteiger partial charge in [0.25, 0.3) is 0 Å². The van der Waals surface area contributed by atoms with Crippen molar-refractivity contribution in [2.75, 3.05) is 37.7 Å². The largest absolute Gasteiger partial charge is 0.461 e. The van der Waals surface area contributed by atoms with Gasteiger partial charge in [-0.05, 0) is 49.6 Å². The minimum atomic E-state index is -0.897. The summed E-state index contributed by atoms with van der Waals surface area (Å²) in [6.45, 7) is 7.31. The molecule has 0 bridgehead atoms. The summed E-state index contributed by atoms with van der Waals surface area (Å²) < 4.78 is 53.1. The van der Waals surface area contributed by atoms with E-state index in [1.807, 2.05) is 6.07 Å². The molecule has 7 nitrogen and oxygen atoms in total. The van der Waals surface area contributed by atoms with E-state index in [9.17, 15) is 4.39 Å². The first-order chi connectivity index (χ1) is 22.9. The monoisotopic (exact) mass is 640 g/mol. The molecule has 2 aromatic heterocycles. The Morgan fingerprint density at radius 1 is 1.09 bits per heavy atom. The zero-order valence-corrected chi connectivity index (χ0v) is 26.8. The van der Waals surface area contributed by atoms with Crippen molar-refractivity contribution in [2.24, 2.45) is 5.92 Å². The second-order valence-electron chi connectivity index (χ2n) is 13.6. The van der Waals surface area contributed by atoms with Gasteiger partial charge in [0.15, 0.2) is 5.82 Å². The third-order valence-electron chi connectivity index (χ3n) is 11.2. The van der Waals surface area contributed by atoms with Gasteiger partial charge in [-0.2, -0.15) is 9.97 Å². The molecular formula is C37H39F3N6O. The Balaban J connectivity index is 1.35. The summed E-state index contributed by atoms with van der Waals surface area (Å²) in [5, 5.41) is 5.43.